The van der Waals surface area contributed by atoms with Gasteiger partial charge in [0.1, 0.15) is 0 Å². The summed E-state index contributed by atoms with van der Waals surface area (Å²) in [6, 6.07) is 8.56. The molecule has 1 aromatic carbocycles. The SMILES string of the molecule is CN1CCN(CCn2cc(CN)c3ccccc32)CC1. The predicted molar refractivity (Wildman–Crippen MR) is 83.8 cm³/mol. The minimum Gasteiger partial charge on any atom is -0.346 e. The first-order valence-electron chi connectivity index (χ1n) is 7.45. The van der Waals surface area contributed by atoms with Crippen LogP contribution in [0.1, 0.15) is 5.56 Å². The van der Waals surface area contributed by atoms with E-state index in [1.54, 1.807) is 0 Å². The van der Waals surface area contributed by atoms with Crippen molar-refractivity contribution in [1.82, 2.24) is 14.4 Å². The van der Waals surface area contributed by atoms with Crippen molar-refractivity contribution in [1.29, 1.82) is 0 Å². The summed E-state index contributed by atoms with van der Waals surface area (Å²) in [6.07, 6.45) is 2.22. The summed E-state index contributed by atoms with van der Waals surface area (Å²) in [5, 5.41) is 1.30. The van der Waals surface area contributed by atoms with E-state index in [1.165, 1.54) is 42.6 Å². The molecule has 0 radical (unpaired) electrons. The zero-order valence-electron chi connectivity index (χ0n) is 12.3. The summed E-state index contributed by atoms with van der Waals surface area (Å²) in [4.78, 5) is 4.95. The van der Waals surface area contributed by atoms with E-state index in [2.05, 4.69) is 51.9 Å². The van der Waals surface area contributed by atoms with E-state index in [0.29, 0.717) is 6.54 Å². The van der Waals surface area contributed by atoms with Gasteiger partial charge >= 0.3 is 0 Å². The molecule has 0 atom stereocenters. The van der Waals surface area contributed by atoms with Crippen LogP contribution in [-0.4, -0.2) is 54.1 Å². The number of para-hydroxylation sites is 1. The maximum atomic E-state index is 5.85. The fourth-order valence-electron chi connectivity index (χ4n) is 2.99. The number of rotatable bonds is 4. The topological polar surface area (TPSA) is 37.4 Å². The molecule has 2 aromatic rings. The molecular formula is C16H24N4. The Hall–Kier alpha value is -1.36. The molecule has 3 rings (SSSR count). The number of hydrogen-bond donors (Lipinski definition) is 1. The van der Waals surface area contributed by atoms with Crippen molar-refractivity contribution in [3.8, 4) is 0 Å². The average Bonchev–Trinajstić information content (AvgIpc) is 2.85. The number of hydrogen-bond acceptors (Lipinski definition) is 3. The van der Waals surface area contributed by atoms with Gasteiger partial charge in [-0.05, 0) is 18.7 Å². The number of benzene rings is 1. The van der Waals surface area contributed by atoms with Gasteiger partial charge < -0.3 is 15.2 Å². The lowest BCUT2D eigenvalue weighted by Crippen LogP contribution is -2.45. The van der Waals surface area contributed by atoms with Crippen LogP contribution in [0.15, 0.2) is 30.5 Å². The van der Waals surface area contributed by atoms with Crippen LogP contribution in [0.25, 0.3) is 10.9 Å². The van der Waals surface area contributed by atoms with E-state index < -0.39 is 0 Å². The van der Waals surface area contributed by atoms with Crippen molar-refractivity contribution in [2.24, 2.45) is 5.73 Å². The Morgan fingerprint density at radius 2 is 1.80 bits per heavy atom. The van der Waals surface area contributed by atoms with E-state index >= 15 is 0 Å². The quantitative estimate of drug-likeness (QED) is 0.913. The summed E-state index contributed by atoms with van der Waals surface area (Å²) in [7, 11) is 2.20. The van der Waals surface area contributed by atoms with Crippen molar-refractivity contribution in [3.63, 3.8) is 0 Å². The fraction of sp³-hybridized carbons (Fsp3) is 0.500. The zero-order chi connectivity index (χ0) is 13.9. The molecule has 1 aromatic heterocycles. The highest BCUT2D eigenvalue weighted by Gasteiger charge is 2.14. The summed E-state index contributed by atoms with van der Waals surface area (Å²) in [5.74, 6) is 0. The third kappa shape index (κ3) is 2.73. The first kappa shape index (κ1) is 13.6. The monoisotopic (exact) mass is 272 g/mol. The summed E-state index contributed by atoms with van der Waals surface area (Å²) in [6.45, 7) is 7.50. The second kappa shape index (κ2) is 5.95. The Bertz CT molecular complexity index is 567. The van der Waals surface area contributed by atoms with Gasteiger partial charge in [-0.1, -0.05) is 18.2 Å². The first-order chi connectivity index (χ1) is 9.78. The fourth-order valence-corrected chi connectivity index (χ4v) is 2.99. The van der Waals surface area contributed by atoms with Gasteiger partial charge in [0.05, 0.1) is 0 Å². The third-order valence-electron chi connectivity index (χ3n) is 4.34. The predicted octanol–water partition coefficient (Wildman–Crippen LogP) is 1.35. The molecule has 1 aliphatic rings. The number of likely N-dealkylation sites (N-methyl/N-ethyl adjacent to an activating group) is 1. The zero-order valence-corrected chi connectivity index (χ0v) is 12.3. The third-order valence-corrected chi connectivity index (χ3v) is 4.34. The Labute approximate surface area is 120 Å². The Balaban J connectivity index is 1.71. The van der Waals surface area contributed by atoms with Crippen LogP contribution < -0.4 is 5.73 Å². The molecule has 1 aliphatic heterocycles. The van der Waals surface area contributed by atoms with Crippen molar-refractivity contribution in [2.45, 2.75) is 13.1 Å². The van der Waals surface area contributed by atoms with Crippen molar-refractivity contribution in [3.05, 3.63) is 36.0 Å². The molecule has 1 fully saturated rings. The van der Waals surface area contributed by atoms with Gasteiger partial charge in [-0.2, -0.15) is 0 Å². The molecule has 4 nitrogen and oxygen atoms in total. The lowest BCUT2D eigenvalue weighted by atomic mass is 10.2. The molecule has 2 heterocycles. The molecule has 108 valence electrons. The van der Waals surface area contributed by atoms with Crippen LogP contribution in [0.2, 0.25) is 0 Å². The van der Waals surface area contributed by atoms with Crippen molar-refractivity contribution < 1.29 is 0 Å². The van der Waals surface area contributed by atoms with Crippen LogP contribution in [0.3, 0.4) is 0 Å². The largest absolute Gasteiger partial charge is 0.346 e. The Morgan fingerprint density at radius 3 is 2.55 bits per heavy atom. The maximum Gasteiger partial charge on any atom is 0.0484 e. The van der Waals surface area contributed by atoms with Crippen LogP contribution in [0.5, 0.6) is 0 Å². The molecule has 20 heavy (non-hydrogen) atoms. The van der Waals surface area contributed by atoms with Gasteiger partial charge in [0.15, 0.2) is 0 Å². The van der Waals surface area contributed by atoms with E-state index in [1.807, 2.05) is 0 Å². The summed E-state index contributed by atoms with van der Waals surface area (Å²) >= 11 is 0. The molecular weight excluding hydrogens is 248 g/mol. The molecule has 0 bridgehead atoms. The maximum absolute atomic E-state index is 5.85. The molecule has 0 spiro atoms. The van der Waals surface area contributed by atoms with Crippen LogP contribution in [0.4, 0.5) is 0 Å². The van der Waals surface area contributed by atoms with Crippen molar-refractivity contribution in [2.75, 3.05) is 39.8 Å². The average molecular weight is 272 g/mol. The number of fused-ring (bicyclic) bond motifs is 1. The lowest BCUT2D eigenvalue weighted by Gasteiger charge is -2.32. The van der Waals surface area contributed by atoms with Gasteiger partial charge in [0.2, 0.25) is 0 Å². The van der Waals surface area contributed by atoms with Gasteiger partial charge in [0, 0.05) is 62.9 Å². The first-order valence-corrected chi connectivity index (χ1v) is 7.45. The molecule has 0 aliphatic carbocycles. The molecule has 2 N–H and O–H groups in total. The minimum absolute atomic E-state index is 0.613. The molecule has 0 amide bonds. The number of piperazine rings is 1. The number of nitrogens with two attached hydrogens (primary N) is 1. The van der Waals surface area contributed by atoms with Crippen LogP contribution >= 0.6 is 0 Å². The van der Waals surface area contributed by atoms with Gasteiger partial charge in [-0.15, -0.1) is 0 Å². The van der Waals surface area contributed by atoms with Crippen LogP contribution in [-0.2, 0) is 13.1 Å². The number of aromatic nitrogens is 1. The second-order valence-corrected chi connectivity index (χ2v) is 5.71. The number of nitrogens with zero attached hydrogens (tertiary/aromatic N) is 3. The van der Waals surface area contributed by atoms with Crippen molar-refractivity contribution >= 4 is 10.9 Å². The standard InChI is InChI=1S/C16H24N4/c1-18-6-8-19(9-7-18)10-11-20-13-14(12-17)15-4-2-3-5-16(15)20/h2-5,13H,6-12,17H2,1H3. The Kier molecular flexibility index (Phi) is 4.05. The summed E-state index contributed by atoms with van der Waals surface area (Å²) in [5.41, 5.74) is 8.41. The summed E-state index contributed by atoms with van der Waals surface area (Å²) < 4.78 is 2.36. The molecule has 0 saturated carbocycles. The lowest BCUT2D eigenvalue weighted by molar-refractivity contribution is 0.150. The highest BCUT2D eigenvalue weighted by Crippen LogP contribution is 2.20. The van der Waals surface area contributed by atoms with Crippen LogP contribution in [0, 0.1) is 0 Å². The van der Waals surface area contributed by atoms with Gasteiger partial charge in [-0.3, -0.25) is 4.90 Å². The van der Waals surface area contributed by atoms with E-state index in [-0.39, 0.29) is 0 Å². The molecule has 1 saturated heterocycles. The molecule has 4 heteroatoms. The highest BCUT2D eigenvalue weighted by atomic mass is 15.2. The normalized spacial score (nSPS) is 17.9. The molecule has 0 unspecified atom stereocenters. The van der Waals surface area contributed by atoms with E-state index in [4.69, 9.17) is 5.73 Å². The van der Waals surface area contributed by atoms with Gasteiger partial charge in [-0.25, -0.2) is 0 Å². The van der Waals surface area contributed by atoms with E-state index in [9.17, 15) is 0 Å². The minimum atomic E-state index is 0.613. The van der Waals surface area contributed by atoms with Gasteiger partial charge in [0.25, 0.3) is 0 Å². The van der Waals surface area contributed by atoms with E-state index in [0.717, 1.165) is 13.1 Å². The smallest absolute Gasteiger partial charge is 0.0484 e. The second-order valence-electron chi connectivity index (χ2n) is 5.71. The Morgan fingerprint density at radius 1 is 1.05 bits per heavy atom. The highest BCUT2D eigenvalue weighted by molar-refractivity contribution is 5.83.